The molecule has 2 fully saturated rings. The highest BCUT2D eigenvalue weighted by atomic mass is 16.5. The number of benzene rings is 1. The molecular formula is C27H34N10O5. The first kappa shape index (κ1) is 25.0. The largest absolute Gasteiger partial charge is 0.494 e. The van der Waals surface area contributed by atoms with E-state index in [4.69, 9.17) is 13.4 Å². The van der Waals surface area contributed by atoms with E-state index in [2.05, 4.69) is 41.2 Å². The maximum Gasteiger partial charge on any atom is 0.317 e. The number of nitrogens with one attached hydrogen (secondary N) is 4. The molecule has 4 N–H and O–H groups in total. The van der Waals surface area contributed by atoms with Gasteiger partial charge in [-0.15, -0.1) is 10.2 Å². The minimum Gasteiger partial charge on any atom is -0.494 e. The number of amides is 4. The molecule has 0 atom stereocenters. The van der Waals surface area contributed by atoms with Crippen molar-refractivity contribution in [3.63, 3.8) is 0 Å². The zero-order valence-electron chi connectivity index (χ0n) is 26.3. The van der Waals surface area contributed by atoms with Crippen LogP contribution in [0.25, 0.3) is 11.5 Å². The Kier molecular flexibility index (Phi) is 7.61. The molecule has 2 aromatic heterocycles. The lowest BCUT2D eigenvalue weighted by molar-refractivity contribution is -0.117. The summed E-state index contributed by atoms with van der Waals surface area (Å²) in [6.07, 6.45) is 1.55. The molecule has 15 heteroatoms. The number of nitrogens with zero attached hydrogens (tertiary/aromatic N) is 6. The molecule has 0 radical (unpaired) electrons. The van der Waals surface area contributed by atoms with Crippen LogP contribution in [-0.2, 0) is 11.3 Å². The number of urea groups is 1. The molecule has 0 bridgehead atoms. The van der Waals surface area contributed by atoms with E-state index in [1.54, 1.807) is 23.1 Å². The standard InChI is InChI=1S/C27H34N10O5/c1-4-29-27(40)37-12-10-36(11-13-37)15-21-32-26(42-35-21)17-6-5-7-18(23(17)41-3)30-19-14-20(31-24(38)16-8-9-16)33-34-22(19)25(39)28-2/h5-7,14,16H,4,8-13,15H2,1-3H3,(H,28,39)(H,29,40)(H2,30,31,33,38)/i2D3. The van der Waals surface area contributed by atoms with Gasteiger partial charge in [0.2, 0.25) is 5.91 Å². The second kappa shape index (κ2) is 12.8. The summed E-state index contributed by atoms with van der Waals surface area (Å²) >= 11 is 0. The fourth-order valence-corrected chi connectivity index (χ4v) is 4.52. The fourth-order valence-electron chi connectivity index (χ4n) is 4.52. The third kappa shape index (κ3) is 6.57. The summed E-state index contributed by atoms with van der Waals surface area (Å²) in [5.41, 5.74) is 0.591. The van der Waals surface area contributed by atoms with Crippen LogP contribution < -0.4 is 26.0 Å². The van der Waals surface area contributed by atoms with Gasteiger partial charge in [-0.25, -0.2) is 4.79 Å². The molecule has 1 saturated heterocycles. The highest BCUT2D eigenvalue weighted by Gasteiger charge is 2.30. The van der Waals surface area contributed by atoms with Crippen molar-refractivity contribution in [1.82, 2.24) is 40.8 Å². The SMILES string of the molecule is [2H]C([2H])([2H])NC(=O)c1nnc(NC(=O)C2CC2)cc1Nc1cccc(-c2nc(CN3CCN(C(=O)NCC)CC3)no2)c1OC. The lowest BCUT2D eigenvalue weighted by atomic mass is 10.1. The predicted octanol–water partition coefficient (Wildman–Crippen LogP) is 1.83. The van der Waals surface area contributed by atoms with E-state index in [0.717, 1.165) is 12.8 Å². The van der Waals surface area contributed by atoms with Crippen LogP contribution in [0.2, 0.25) is 0 Å². The third-order valence-corrected chi connectivity index (χ3v) is 6.86. The number of carbonyl (C=O) groups excluding carboxylic acids is 3. The van der Waals surface area contributed by atoms with Crippen molar-refractivity contribution in [1.29, 1.82) is 0 Å². The molecule has 3 heterocycles. The van der Waals surface area contributed by atoms with Gasteiger partial charge in [-0.1, -0.05) is 11.2 Å². The van der Waals surface area contributed by atoms with Crippen molar-refractivity contribution in [2.45, 2.75) is 26.3 Å². The minimum absolute atomic E-state index is 0.0753. The molecule has 2 aliphatic rings. The second-order valence-corrected chi connectivity index (χ2v) is 9.84. The van der Waals surface area contributed by atoms with Crippen LogP contribution in [-0.4, -0.2) is 94.8 Å². The Bertz CT molecular complexity index is 1550. The summed E-state index contributed by atoms with van der Waals surface area (Å²) in [5, 5.41) is 22.4. The number of carbonyl (C=O) groups is 3. The van der Waals surface area contributed by atoms with Crippen molar-refractivity contribution < 1.29 is 27.8 Å². The van der Waals surface area contributed by atoms with Gasteiger partial charge in [-0.05, 0) is 31.9 Å². The van der Waals surface area contributed by atoms with Crippen LogP contribution in [0.5, 0.6) is 5.75 Å². The Hall–Kier alpha value is -4.79. The number of aromatic nitrogens is 4. The lowest BCUT2D eigenvalue weighted by Crippen LogP contribution is -2.51. The summed E-state index contributed by atoms with van der Waals surface area (Å²) in [6.45, 7) is 2.60. The molecule has 42 heavy (non-hydrogen) atoms. The van der Waals surface area contributed by atoms with Gasteiger partial charge in [0.15, 0.2) is 23.1 Å². The van der Waals surface area contributed by atoms with Gasteiger partial charge in [0.1, 0.15) is 0 Å². The van der Waals surface area contributed by atoms with Gasteiger partial charge >= 0.3 is 6.03 Å². The predicted molar refractivity (Wildman–Crippen MR) is 152 cm³/mol. The summed E-state index contributed by atoms with van der Waals surface area (Å²) in [5.74, 6) is -0.282. The van der Waals surface area contributed by atoms with Gasteiger partial charge in [-0.2, -0.15) is 4.98 Å². The first-order chi connectivity index (χ1) is 21.5. The normalized spacial score (nSPS) is 16.5. The van der Waals surface area contributed by atoms with Crippen molar-refractivity contribution >= 4 is 35.0 Å². The van der Waals surface area contributed by atoms with Crippen LogP contribution in [0.4, 0.5) is 22.0 Å². The van der Waals surface area contributed by atoms with Crippen LogP contribution in [0, 0.1) is 5.92 Å². The third-order valence-electron chi connectivity index (χ3n) is 6.86. The molecule has 0 spiro atoms. The Morgan fingerprint density at radius 3 is 2.67 bits per heavy atom. The van der Waals surface area contributed by atoms with E-state index in [0.29, 0.717) is 62.1 Å². The molecule has 1 aromatic carbocycles. The lowest BCUT2D eigenvalue weighted by Gasteiger charge is -2.33. The van der Waals surface area contributed by atoms with Crippen molar-refractivity contribution in [3.8, 4) is 17.2 Å². The van der Waals surface area contributed by atoms with Gasteiger partial charge in [0, 0.05) is 55.8 Å². The van der Waals surface area contributed by atoms with E-state index in [-0.39, 0.29) is 40.9 Å². The number of rotatable bonds is 10. The van der Waals surface area contributed by atoms with Crippen LogP contribution in [0.15, 0.2) is 28.8 Å². The number of para-hydroxylation sites is 1. The average Bonchev–Trinajstić information content (AvgIpc) is 3.75. The van der Waals surface area contributed by atoms with Gasteiger partial charge in [0.05, 0.1) is 30.6 Å². The summed E-state index contributed by atoms with van der Waals surface area (Å²) in [7, 11) is 1.45. The van der Waals surface area contributed by atoms with E-state index >= 15 is 0 Å². The van der Waals surface area contributed by atoms with E-state index < -0.39 is 12.9 Å². The smallest absolute Gasteiger partial charge is 0.317 e. The van der Waals surface area contributed by atoms with Crippen molar-refractivity contribution in [2.75, 3.05) is 57.4 Å². The molecule has 1 saturated carbocycles. The molecule has 0 unspecified atom stereocenters. The molecular weight excluding hydrogens is 544 g/mol. The first-order valence-corrected chi connectivity index (χ1v) is 13.6. The highest BCUT2D eigenvalue weighted by Crippen LogP contribution is 2.38. The number of ether oxygens (including phenoxy) is 1. The topological polar surface area (TPSA) is 180 Å². The Balaban J connectivity index is 1.35. The molecule has 222 valence electrons. The second-order valence-electron chi connectivity index (χ2n) is 9.84. The van der Waals surface area contributed by atoms with Gasteiger partial charge < -0.3 is 35.4 Å². The maximum absolute atomic E-state index is 12.8. The number of hydrogen-bond acceptors (Lipinski definition) is 11. The number of hydrogen-bond donors (Lipinski definition) is 4. The molecule has 1 aliphatic carbocycles. The summed E-state index contributed by atoms with van der Waals surface area (Å²) in [6, 6.07) is 6.41. The van der Waals surface area contributed by atoms with E-state index in [1.807, 2.05) is 12.2 Å². The minimum atomic E-state index is -2.76. The number of piperazine rings is 1. The zero-order chi connectivity index (χ0) is 32.1. The van der Waals surface area contributed by atoms with E-state index in [1.165, 1.54) is 13.2 Å². The number of methoxy groups -OCH3 is 1. The quantitative estimate of drug-likeness (QED) is 0.274. The molecule has 3 aromatic rings. The van der Waals surface area contributed by atoms with Crippen molar-refractivity contribution in [3.05, 3.63) is 35.8 Å². The van der Waals surface area contributed by atoms with Crippen LogP contribution in [0.3, 0.4) is 0 Å². The zero-order valence-corrected chi connectivity index (χ0v) is 23.3. The summed E-state index contributed by atoms with van der Waals surface area (Å²) in [4.78, 5) is 45.7. The number of anilines is 3. The maximum atomic E-state index is 12.8. The molecule has 15 nitrogen and oxygen atoms in total. The molecule has 5 rings (SSSR count). The Morgan fingerprint density at radius 2 is 1.95 bits per heavy atom. The highest BCUT2D eigenvalue weighted by molar-refractivity contribution is 6.00. The first-order valence-electron chi connectivity index (χ1n) is 15.1. The average molecular weight is 582 g/mol. The summed E-state index contributed by atoms with van der Waals surface area (Å²) < 4.78 is 33.5. The van der Waals surface area contributed by atoms with Crippen LogP contribution >= 0.6 is 0 Å². The van der Waals surface area contributed by atoms with Crippen LogP contribution in [0.1, 0.15) is 40.2 Å². The Labute approximate surface area is 246 Å². The fraction of sp³-hybridized carbons (Fsp3) is 0.444. The van der Waals surface area contributed by atoms with Gasteiger partial charge in [-0.3, -0.25) is 14.5 Å². The Morgan fingerprint density at radius 1 is 1.14 bits per heavy atom. The van der Waals surface area contributed by atoms with Gasteiger partial charge in [0.25, 0.3) is 11.8 Å². The van der Waals surface area contributed by atoms with E-state index in [9.17, 15) is 14.4 Å². The molecule has 4 amide bonds. The molecule has 1 aliphatic heterocycles. The monoisotopic (exact) mass is 581 g/mol. The van der Waals surface area contributed by atoms with Crippen molar-refractivity contribution in [2.24, 2.45) is 5.92 Å².